The molecule has 0 saturated heterocycles. The minimum absolute atomic E-state index is 0.0840. The molecule has 188 valence electrons. The molecule has 0 saturated carbocycles. The summed E-state index contributed by atoms with van der Waals surface area (Å²) >= 11 is 0. The van der Waals surface area contributed by atoms with Crippen LogP contribution in [0.25, 0.3) is 11.1 Å². The highest BCUT2D eigenvalue weighted by molar-refractivity contribution is 6.00. The molecule has 3 aromatic carbocycles. The van der Waals surface area contributed by atoms with Crippen molar-refractivity contribution < 1.29 is 28.6 Å². The number of aromatic nitrogens is 1. The van der Waals surface area contributed by atoms with Crippen molar-refractivity contribution in [3.63, 3.8) is 0 Å². The zero-order valence-corrected chi connectivity index (χ0v) is 20.0. The zero-order chi connectivity index (χ0) is 25.9. The predicted octanol–water partition coefficient (Wildman–Crippen LogP) is 5.53. The summed E-state index contributed by atoms with van der Waals surface area (Å²) in [5, 5.41) is 25.0. The van der Waals surface area contributed by atoms with Crippen molar-refractivity contribution in [3.05, 3.63) is 96.0 Å². The van der Waals surface area contributed by atoms with Gasteiger partial charge in [-0.25, -0.2) is 9.37 Å². The molecule has 4 aromatic rings. The molecule has 1 aliphatic heterocycles. The number of rotatable bonds is 8. The fraction of sp³-hybridized carbons (Fsp3) is 0.179. The molecule has 0 aliphatic carbocycles. The molecule has 2 heterocycles. The summed E-state index contributed by atoms with van der Waals surface area (Å²) in [6.45, 7) is 1.71. The zero-order valence-electron chi connectivity index (χ0n) is 20.0. The fourth-order valence-electron chi connectivity index (χ4n) is 4.30. The van der Waals surface area contributed by atoms with Crippen LogP contribution in [0, 0.1) is 12.7 Å². The second kappa shape index (κ2) is 10.2. The van der Waals surface area contributed by atoms with Crippen molar-refractivity contribution in [1.82, 2.24) is 4.98 Å². The van der Waals surface area contributed by atoms with Gasteiger partial charge in [-0.15, -0.1) is 0 Å². The van der Waals surface area contributed by atoms with E-state index in [9.17, 15) is 19.4 Å². The predicted molar refractivity (Wildman–Crippen MR) is 135 cm³/mol. The van der Waals surface area contributed by atoms with Gasteiger partial charge < -0.3 is 19.4 Å². The van der Waals surface area contributed by atoms with E-state index in [4.69, 9.17) is 9.15 Å². The Kier molecular flexibility index (Phi) is 6.70. The molecule has 0 bridgehead atoms. The second-order valence-corrected chi connectivity index (χ2v) is 8.73. The summed E-state index contributed by atoms with van der Waals surface area (Å²) in [5.74, 6) is 0.293. The highest BCUT2D eigenvalue weighted by atomic mass is 19.1. The van der Waals surface area contributed by atoms with Crippen LogP contribution in [0.4, 0.5) is 10.1 Å². The number of aliphatic carboxylic acids is 1. The number of hydrogen-bond donors (Lipinski definition) is 2. The molecule has 5 rings (SSSR count). The molecule has 37 heavy (non-hydrogen) atoms. The maximum Gasteiger partial charge on any atom is 0.305 e. The lowest BCUT2D eigenvalue weighted by Gasteiger charge is -2.22. The topological polar surface area (TPSA) is 108 Å². The summed E-state index contributed by atoms with van der Waals surface area (Å²) in [4.78, 5) is 15.5. The fourth-order valence-corrected chi connectivity index (χ4v) is 4.30. The summed E-state index contributed by atoms with van der Waals surface area (Å²) in [6.07, 6.45) is 3.30. The van der Waals surface area contributed by atoms with Crippen molar-refractivity contribution >= 4 is 17.4 Å². The number of anilines is 1. The number of nitrogens with zero attached hydrogens (tertiary/aromatic N) is 3. The van der Waals surface area contributed by atoms with Crippen LogP contribution in [-0.4, -0.2) is 32.9 Å². The molecule has 0 spiro atoms. The van der Waals surface area contributed by atoms with E-state index in [0.717, 1.165) is 5.56 Å². The van der Waals surface area contributed by atoms with Crippen LogP contribution in [-0.2, 0) is 11.4 Å². The number of carboxylic acids is 1. The van der Waals surface area contributed by atoms with Crippen molar-refractivity contribution in [2.24, 2.45) is 5.10 Å². The quantitative estimate of drug-likeness (QED) is 0.327. The first kappa shape index (κ1) is 24.2. The highest BCUT2D eigenvalue weighted by Gasteiger charge is 2.32. The molecule has 1 unspecified atom stereocenters. The Bertz CT molecular complexity index is 1450. The van der Waals surface area contributed by atoms with Gasteiger partial charge in [-0.05, 0) is 72.1 Å². The van der Waals surface area contributed by atoms with E-state index in [-0.39, 0.29) is 24.9 Å². The molecule has 1 aliphatic rings. The summed E-state index contributed by atoms with van der Waals surface area (Å²) in [5.41, 5.74) is 3.86. The number of ether oxygens (including phenoxy) is 1. The van der Waals surface area contributed by atoms with Crippen molar-refractivity contribution in [1.29, 1.82) is 0 Å². The number of aliphatic hydroxyl groups is 1. The Hall–Kier alpha value is -4.50. The smallest absolute Gasteiger partial charge is 0.305 e. The molecule has 8 nitrogen and oxygen atoms in total. The van der Waals surface area contributed by atoms with Crippen LogP contribution in [0.1, 0.15) is 29.9 Å². The number of aryl methyl sites for hydroxylation is 1. The number of hydrogen-bond acceptors (Lipinski definition) is 7. The van der Waals surface area contributed by atoms with Crippen LogP contribution < -0.4 is 9.75 Å². The van der Waals surface area contributed by atoms with E-state index >= 15 is 0 Å². The van der Waals surface area contributed by atoms with E-state index in [1.54, 1.807) is 41.4 Å². The van der Waals surface area contributed by atoms with Gasteiger partial charge in [0.1, 0.15) is 29.3 Å². The number of halogens is 1. The molecular formula is C28H24FN3O5. The number of benzene rings is 3. The van der Waals surface area contributed by atoms with Crippen molar-refractivity contribution in [3.8, 4) is 22.6 Å². The second-order valence-electron chi connectivity index (χ2n) is 8.73. The van der Waals surface area contributed by atoms with Crippen LogP contribution in [0.2, 0.25) is 0 Å². The monoisotopic (exact) mass is 501 g/mol. The maximum atomic E-state index is 14.4. The lowest BCUT2D eigenvalue weighted by molar-refractivity contribution is -0.137. The average Bonchev–Trinajstić information content (AvgIpc) is 3.56. The summed E-state index contributed by atoms with van der Waals surface area (Å²) in [6, 6.07) is 16.7. The Morgan fingerprint density at radius 2 is 1.97 bits per heavy atom. The molecule has 2 N–H and O–H groups in total. The molecule has 0 fully saturated rings. The van der Waals surface area contributed by atoms with Crippen molar-refractivity contribution in [2.45, 2.75) is 32.4 Å². The number of oxazole rings is 1. The Morgan fingerprint density at radius 3 is 2.65 bits per heavy atom. The van der Waals surface area contributed by atoms with Crippen molar-refractivity contribution in [2.75, 3.05) is 5.01 Å². The maximum absolute atomic E-state index is 14.4. The number of aliphatic hydroxyl groups excluding tert-OH is 1. The largest absolute Gasteiger partial charge is 0.481 e. The molecular weight excluding hydrogens is 477 g/mol. The van der Waals surface area contributed by atoms with Gasteiger partial charge in [0.25, 0.3) is 0 Å². The number of carbonyl (C=O) groups is 1. The normalized spacial score (nSPS) is 15.1. The van der Waals surface area contributed by atoms with E-state index in [1.165, 1.54) is 18.5 Å². The SMILES string of the molecule is Cc1cc(-c2cc(CO)ccc2F)ccc1Oc1ccc(N2N=C(c3ncco3)CC2CC(=O)O)cc1. The third-order valence-electron chi connectivity index (χ3n) is 6.12. The third-order valence-corrected chi connectivity index (χ3v) is 6.12. The minimum Gasteiger partial charge on any atom is -0.481 e. The van der Waals surface area contributed by atoms with E-state index in [2.05, 4.69) is 10.1 Å². The lowest BCUT2D eigenvalue weighted by atomic mass is 10.0. The summed E-state index contributed by atoms with van der Waals surface area (Å²) in [7, 11) is 0. The Morgan fingerprint density at radius 1 is 1.16 bits per heavy atom. The van der Waals surface area contributed by atoms with E-state index in [1.807, 2.05) is 25.1 Å². The average molecular weight is 502 g/mol. The molecule has 1 aromatic heterocycles. The Labute approximate surface area is 212 Å². The van der Waals surface area contributed by atoms with Crippen LogP contribution >= 0.6 is 0 Å². The first-order chi connectivity index (χ1) is 17.9. The van der Waals surface area contributed by atoms with E-state index < -0.39 is 5.97 Å². The van der Waals surface area contributed by atoms with Gasteiger partial charge in [0, 0.05) is 12.0 Å². The number of carboxylic acid groups (broad SMARTS) is 1. The highest BCUT2D eigenvalue weighted by Crippen LogP contribution is 2.34. The van der Waals surface area contributed by atoms with Crippen LogP contribution in [0.3, 0.4) is 0 Å². The van der Waals surface area contributed by atoms with Gasteiger partial charge in [0.2, 0.25) is 5.89 Å². The third kappa shape index (κ3) is 5.22. The number of hydrazone groups is 1. The van der Waals surface area contributed by atoms with Crippen LogP contribution in [0.5, 0.6) is 11.5 Å². The van der Waals surface area contributed by atoms with Gasteiger partial charge >= 0.3 is 5.97 Å². The molecule has 9 heteroatoms. The lowest BCUT2D eigenvalue weighted by Crippen LogP contribution is -2.28. The Balaban J connectivity index is 1.35. The van der Waals surface area contributed by atoms with Gasteiger partial charge in [0.05, 0.1) is 31.0 Å². The van der Waals surface area contributed by atoms with Gasteiger partial charge in [-0.1, -0.05) is 12.1 Å². The van der Waals surface area contributed by atoms with Crippen LogP contribution in [0.15, 0.2) is 82.6 Å². The standard InChI is InChI=1S/C28H24FN3O5/c1-17-12-19(23-13-18(16-33)2-8-24(23)29)3-9-26(17)37-22-6-4-20(5-7-22)32-21(15-27(34)35)14-25(31-32)28-30-10-11-36-28/h2-13,21,33H,14-16H2,1H3,(H,34,35). The van der Waals surface area contributed by atoms with Gasteiger partial charge in [-0.2, -0.15) is 5.10 Å². The first-order valence-corrected chi connectivity index (χ1v) is 11.7. The van der Waals surface area contributed by atoms with Gasteiger partial charge in [-0.3, -0.25) is 9.80 Å². The van der Waals surface area contributed by atoms with E-state index in [0.29, 0.717) is 51.9 Å². The van der Waals surface area contributed by atoms with Gasteiger partial charge in [0.15, 0.2) is 0 Å². The molecule has 1 atom stereocenters. The summed E-state index contributed by atoms with van der Waals surface area (Å²) < 4.78 is 25.8. The molecule has 0 amide bonds. The first-order valence-electron chi connectivity index (χ1n) is 11.7. The molecule has 0 radical (unpaired) electrons. The minimum atomic E-state index is -0.916.